The number of hydrogen-bond donors (Lipinski definition) is 1. The first kappa shape index (κ1) is 22.6. The van der Waals surface area contributed by atoms with Gasteiger partial charge >= 0.3 is 5.97 Å². The van der Waals surface area contributed by atoms with E-state index in [0.29, 0.717) is 22.9 Å². The summed E-state index contributed by atoms with van der Waals surface area (Å²) in [4.78, 5) is 11.5. The van der Waals surface area contributed by atoms with Crippen molar-refractivity contribution in [3.8, 4) is 0 Å². The number of carbonyl (C=O) groups is 1. The lowest BCUT2D eigenvalue weighted by Gasteiger charge is -2.70. The molecule has 0 heterocycles. The fourth-order valence-electron chi connectivity index (χ4n) is 7.40. The third-order valence-electron chi connectivity index (χ3n) is 7.85. The Labute approximate surface area is 178 Å². The standard InChI is InChI=1S/C14H22O2.C12H20O/c1-4-6-13-8-14(9-13,10-13)7-11(3)12(15)16-5-2;1-3-4-11-7-12(8-11,9-11)5-10(2)6-13/h7H,4-6,8-10H2,1-3H3;5,13H,3-4,6-9H2,1-2H3/b11-7+;10-5+. The van der Waals surface area contributed by atoms with E-state index in [9.17, 15) is 4.79 Å². The topological polar surface area (TPSA) is 46.5 Å². The molecule has 0 aliphatic heterocycles. The fraction of sp³-hybridized carbons (Fsp3) is 0.808. The summed E-state index contributed by atoms with van der Waals surface area (Å²) in [6.07, 6.45) is 18.0. The van der Waals surface area contributed by atoms with Crippen molar-refractivity contribution in [2.75, 3.05) is 13.2 Å². The van der Waals surface area contributed by atoms with Crippen LogP contribution in [0.5, 0.6) is 0 Å². The summed E-state index contributed by atoms with van der Waals surface area (Å²) >= 11 is 0. The molecule has 0 atom stereocenters. The molecule has 6 rings (SSSR count). The first-order chi connectivity index (χ1) is 13.7. The lowest BCUT2D eigenvalue weighted by molar-refractivity contribution is -0.174. The highest BCUT2D eigenvalue weighted by Crippen LogP contribution is 2.76. The number of esters is 1. The van der Waals surface area contributed by atoms with Crippen LogP contribution < -0.4 is 0 Å². The van der Waals surface area contributed by atoms with Crippen LogP contribution in [0.15, 0.2) is 23.3 Å². The molecular formula is C26H42O3. The molecule has 0 amide bonds. The van der Waals surface area contributed by atoms with Crippen molar-refractivity contribution in [1.82, 2.24) is 0 Å². The van der Waals surface area contributed by atoms with Crippen LogP contribution >= 0.6 is 0 Å². The molecule has 0 aromatic heterocycles. The molecule has 0 saturated heterocycles. The molecule has 0 unspecified atom stereocenters. The van der Waals surface area contributed by atoms with E-state index in [4.69, 9.17) is 9.84 Å². The molecule has 6 fully saturated rings. The van der Waals surface area contributed by atoms with Crippen LogP contribution in [-0.2, 0) is 9.53 Å². The molecule has 164 valence electrons. The maximum Gasteiger partial charge on any atom is 0.333 e. The van der Waals surface area contributed by atoms with Crippen LogP contribution in [0.4, 0.5) is 0 Å². The Morgan fingerprint density at radius 3 is 1.69 bits per heavy atom. The second kappa shape index (κ2) is 8.21. The van der Waals surface area contributed by atoms with Gasteiger partial charge in [0.15, 0.2) is 0 Å². The van der Waals surface area contributed by atoms with Gasteiger partial charge in [-0.15, -0.1) is 0 Å². The van der Waals surface area contributed by atoms with E-state index in [1.54, 1.807) is 0 Å². The normalized spacial score (nSPS) is 39.1. The molecule has 4 bridgehead atoms. The largest absolute Gasteiger partial charge is 0.463 e. The highest BCUT2D eigenvalue weighted by atomic mass is 16.5. The van der Waals surface area contributed by atoms with Gasteiger partial charge in [0.1, 0.15) is 0 Å². The molecule has 6 saturated carbocycles. The van der Waals surface area contributed by atoms with Gasteiger partial charge in [0.2, 0.25) is 0 Å². The Hall–Kier alpha value is -1.09. The van der Waals surface area contributed by atoms with Gasteiger partial charge in [0.25, 0.3) is 0 Å². The second-order valence-corrected chi connectivity index (χ2v) is 11.0. The summed E-state index contributed by atoms with van der Waals surface area (Å²) in [5, 5.41) is 8.93. The Balaban J connectivity index is 0.000000169. The quantitative estimate of drug-likeness (QED) is 0.277. The van der Waals surface area contributed by atoms with Crippen molar-refractivity contribution in [2.45, 2.75) is 98.8 Å². The molecule has 29 heavy (non-hydrogen) atoms. The van der Waals surface area contributed by atoms with Gasteiger partial charge < -0.3 is 9.84 Å². The van der Waals surface area contributed by atoms with Crippen LogP contribution in [0, 0.1) is 21.7 Å². The average molecular weight is 403 g/mol. The molecule has 0 spiro atoms. The van der Waals surface area contributed by atoms with Crippen LogP contribution in [0.25, 0.3) is 0 Å². The van der Waals surface area contributed by atoms with Gasteiger partial charge in [-0.1, -0.05) is 44.4 Å². The van der Waals surface area contributed by atoms with Crippen LogP contribution in [0.2, 0.25) is 0 Å². The van der Waals surface area contributed by atoms with Crippen molar-refractivity contribution < 1.29 is 14.6 Å². The van der Waals surface area contributed by atoms with E-state index >= 15 is 0 Å². The summed E-state index contributed by atoms with van der Waals surface area (Å²) in [5.41, 5.74) is 4.24. The average Bonchev–Trinajstić information content (AvgIpc) is 2.56. The molecule has 6 aliphatic carbocycles. The Bertz CT molecular complexity index is 645. The fourth-order valence-corrected chi connectivity index (χ4v) is 7.40. The zero-order valence-corrected chi connectivity index (χ0v) is 19.4. The van der Waals surface area contributed by atoms with Crippen molar-refractivity contribution in [2.24, 2.45) is 21.7 Å². The molecule has 6 aliphatic rings. The molecule has 0 aromatic rings. The third kappa shape index (κ3) is 4.36. The number of ether oxygens (including phenoxy) is 1. The van der Waals surface area contributed by atoms with E-state index in [0.717, 1.165) is 16.6 Å². The number of carbonyl (C=O) groups excluding carboxylic acids is 1. The Kier molecular flexibility index (Phi) is 6.40. The monoisotopic (exact) mass is 402 g/mol. The summed E-state index contributed by atoms with van der Waals surface area (Å²) in [5.74, 6) is -0.142. The lowest BCUT2D eigenvalue weighted by Crippen LogP contribution is -2.60. The number of allylic oxidation sites excluding steroid dienone is 2. The molecule has 3 heteroatoms. The molecule has 0 radical (unpaired) electrons. The molecule has 3 nitrogen and oxygen atoms in total. The summed E-state index contributed by atoms with van der Waals surface area (Å²) in [7, 11) is 0. The highest BCUT2D eigenvalue weighted by molar-refractivity contribution is 5.88. The smallest absolute Gasteiger partial charge is 0.333 e. The van der Waals surface area contributed by atoms with Crippen molar-refractivity contribution in [3.63, 3.8) is 0 Å². The van der Waals surface area contributed by atoms with Gasteiger partial charge in [0.05, 0.1) is 13.2 Å². The van der Waals surface area contributed by atoms with Gasteiger partial charge in [-0.05, 0) is 93.8 Å². The van der Waals surface area contributed by atoms with E-state index < -0.39 is 0 Å². The summed E-state index contributed by atoms with van der Waals surface area (Å²) in [6.45, 7) is 11.0. The lowest BCUT2D eigenvalue weighted by atomic mass is 9.34. The van der Waals surface area contributed by atoms with Crippen molar-refractivity contribution >= 4 is 5.97 Å². The maximum atomic E-state index is 11.5. The molecule has 1 N–H and O–H groups in total. The second-order valence-electron chi connectivity index (χ2n) is 11.0. The minimum Gasteiger partial charge on any atom is -0.463 e. The number of aliphatic hydroxyl groups is 1. The minimum absolute atomic E-state index is 0.142. The number of hydrogen-bond acceptors (Lipinski definition) is 3. The zero-order valence-electron chi connectivity index (χ0n) is 19.4. The SMILES string of the molecule is CCCC12CC(/C=C(\C)C(=O)OCC)(C1)C2.CCCC12CC(/C=C(\C)CO)(C1)C2. The highest BCUT2D eigenvalue weighted by Gasteiger charge is 2.66. The Morgan fingerprint density at radius 1 is 0.862 bits per heavy atom. The summed E-state index contributed by atoms with van der Waals surface area (Å²) in [6, 6.07) is 0. The molecule has 0 aromatic carbocycles. The minimum atomic E-state index is -0.142. The number of rotatable bonds is 9. The van der Waals surface area contributed by atoms with Crippen molar-refractivity contribution in [1.29, 1.82) is 0 Å². The summed E-state index contributed by atoms with van der Waals surface area (Å²) < 4.78 is 5.00. The van der Waals surface area contributed by atoms with E-state index in [1.165, 1.54) is 64.2 Å². The predicted molar refractivity (Wildman–Crippen MR) is 118 cm³/mol. The molecular weight excluding hydrogens is 360 g/mol. The van der Waals surface area contributed by atoms with Gasteiger partial charge in [-0.2, -0.15) is 0 Å². The van der Waals surface area contributed by atoms with Crippen LogP contribution in [0.1, 0.15) is 98.8 Å². The predicted octanol–water partition coefficient (Wildman–Crippen LogP) is 6.36. The number of aliphatic hydroxyl groups excluding tert-OH is 1. The Morgan fingerprint density at radius 2 is 1.31 bits per heavy atom. The van der Waals surface area contributed by atoms with Crippen molar-refractivity contribution in [3.05, 3.63) is 23.3 Å². The van der Waals surface area contributed by atoms with Gasteiger partial charge in [-0.3, -0.25) is 0 Å². The van der Waals surface area contributed by atoms with Gasteiger partial charge in [-0.25, -0.2) is 4.79 Å². The van der Waals surface area contributed by atoms with E-state index in [-0.39, 0.29) is 12.6 Å². The third-order valence-corrected chi connectivity index (χ3v) is 7.85. The van der Waals surface area contributed by atoms with E-state index in [1.807, 2.05) is 20.8 Å². The first-order valence-corrected chi connectivity index (χ1v) is 11.8. The van der Waals surface area contributed by atoms with E-state index in [2.05, 4.69) is 26.0 Å². The van der Waals surface area contributed by atoms with Crippen LogP contribution in [0.3, 0.4) is 0 Å². The van der Waals surface area contributed by atoms with Gasteiger partial charge in [0, 0.05) is 5.57 Å². The zero-order chi connectivity index (χ0) is 21.3. The van der Waals surface area contributed by atoms with Crippen LogP contribution in [-0.4, -0.2) is 24.3 Å². The first-order valence-electron chi connectivity index (χ1n) is 11.8. The maximum absolute atomic E-state index is 11.5.